The molecule has 218 valence electrons. The second-order valence-corrected chi connectivity index (χ2v) is 11.0. The molecule has 1 saturated heterocycles. The van der Waals surface area contributed by atoms with Gasteiger partial charge in [-0.1, -0.05) is 73.7 Å². The van der Waals surface area contributed by atoms with Crippen LogP contribution >= 0.6 is 0 Å². The maximum atomic E-state index is 13.1. The Bertz CT molecular complexity index is 1070. The SMILES string of the molecule is C=C[C@H](C)CC(=O)OC[C@H]1O[C@H](OC)[C@H](OCc2ccccc2)[C@@H](OCc2ccccc2)[C@@H]1OC(=O)C(C)(C)C. The standard InChI is InChI=1S/C32H42O8/c1-7-22(2)18-26(33)36-21-25-27(40-31(34)32(3,4)5)28(37-19-23-14-10-8-11-15-23)29(30(35-6)39-25)38-20-24-16-12-9-13-17-24/h7-17,22,25,27-30H,1,18-21H2,2-6H3/t22-,25+,27+,28-,29+,30-/m0/s1. The largest absolute Gasteiger partial charge is 0.463 e. The smallest absolute Gasteiger partial charge is 0.311 e. The summed E-state index contributed by atoms with van der Waals surface area (Å²) in [6, 6.07) is 19.4. The van der Waals surface area contributed by atoms with Gasteiger partial charge in [0.1, 0.15) is 24.9 Å². The molecule has 1 fully saturated rings. The molecular formula is C32H42O8. The molecule has 0 bridgehead atoms. The highest BCUT2D eigenvalue weighted by Crippen LogP contribution is 2.32. The minimum absolute atomic E-state index is 0.0428. The molecule has 1 aliphatic heterocycles. The van der Waals surface area contributed by atoms with Crippen molar-refractivity contribution in [3.05, 3.63) is 84.4 Å². The fourth-order valence-corrected chi connectivity index (χ4v) is 4.12. The highest BCUT2D eigenvalue weighted by Gasteiger charge is 2.51. The Morgan fingerprint density at radius 2 is 1.48 bits per heavy atom. The number of hydrogen-bond donors (Lipinski definition) is 0. The number of rotatable bonds is 13. The lowest BCUT2D eigenvalue weighted by molar-refractivity contribution is -0.317. The third kappa shape index (κ3) is 9.27. The van der Waals surface area contributed by atoms with E-state index in [0.717, 1.165) is 11.1 Å². The van der Waals surface area contributed by atoms with Crippen LogP contribution in [0.4, 0.5) is 0 Å². The zero-order valence-corrected chi connectivity index (χ0v) is 24.1. The van der Waals surface area contributed by atoms with Crippen molar-refractivity contribution in [3.63, 3.8) is 0 Å². The van der Waals surface area contributed by atoms with Gasteiger partial charge in [-0.15, -0.1) is 6.58 Å². The lowest BCUT2D eigenvalue weighted by Gasteiger charge is -2.45. The zero-order chi connectivity index (χ0) is 29.1. The third-order valence-electron chi connectivity index (χ3n) is 6.55. The molecule has 8 nitrogen and oxygen atoms in total. The van der Waals surface area contributed by atoms with Gasteiger partial charge in [0.05, 0.1) is 25.0 Å². The van der Waals surface area contributed by atoms with Gasteiger partial charge in [0.15, 0.2) is 12.4 Å². The molecular weight excluding hydrogens is 512 g/mol. The van der Waals surface area contributed by atoms with E-state index in [9.17, 15) is 9.59 Å². The van der Waals surface area contributed by atoms with E-state index in [2.05, 4.69) is 6.58 Å². The van der Waals surface area contributed by atoms with Crippen LogP contribution in [-0.2, 0) is 51.2 Å². The van der Waals surface area contributed by atoms with Gasteiger partial charge in [-0.2, -0.15) is 0 Å². The van der Waals surface area contributed by atoms with Crippen molar-refractivity contribution in [2.24, 2.45) is 11.3 Å². The number of carbonyl (C=O) groups is 2. The summed E-state index contributed by atoms with van der Waals surface area (Å²) >= 11 is 0. The fourth-order valence-electron chi connectivity index (χ4n) is 4.12. The quantitative estimate of drug-likeness (QED) is 0.245. The van der Waals surface area contributed by atoms with Crippen LogP contribution < -0.4 is 0 Å². The molecule has 1 heterocycles. The molecule has 0 radical (unpaired) electrons. The number of ether oxygens (including phenoxy) is 6. The summed E-state index contributed by atoms with van der Waals surface area (Å²) in [5.41, 5.74) is 1.10. The molecule has 8 heteroatoms. The van der Waals surface area contributed by atoms with Crippen LogP contribution in [0.15, 0.2) is 73.3 Å². The van der Waals surface area contributed by atoms with E-state index >= 15 is 0 Å². The van der Waals surface area contributed by atoms with Crippen molar-refractivity contribution < 1.29 is 38.0 Å². The van der Waals surface area contributed by atoms with Gasteiger partial charge in [-0.25, -0.2) is 0 Å². The van der Waals surface area contributed by atoms with Crippen molar-refractivity contribution in [1.29, 1.82) is 0 Å². The lowest BCUT2D eigenvalue weighted by atomic mass is 9.95. The molecule has 0 saturated carbocycles. The zero-order valence-electron chi connectivity index (χ0n) is 24.1. The van der Waals surface area contributed by atoms with Crippen molar-refractivity contribution in [2.75, 3.05) is 13.7 Å². The van der Waals surface area contributed by atoms with E-state index in [-0.39, 0.29) is 32.2 Å². The Hall–Kier alpha value is -3.04. The second kappa shape index (κ2) is 15.1. The summed E-state index contributed by atoms with van der Waals surface area (Å²) < 4.78 is 36.3. The highest BCUT2D eigenvalue weighted by molar-refractivity contribution is 5.75. The molecule has 0 unspecified atom stereocenters. The highest BCUT2D eigenvalue weighted by atomic mass is 16.7. The molecule has 6 atom stereocenters. The number of carbonyl (C=O) groups excluding carboxylic acids is 2. The Morgan fingerprint density at radius 1 is 0.925 bits per heavy atom. The van der Waals surface area contributed by atoms with Gasteiger partial charge >= 0.3 is 11.9 Å². The average Bonchev–Trinajstić information content (AvgIpc) is 2.95. The van der Waals surface area contributed by atoms with Crippen molar-refractivity contribution in [2.45, 2.75) is 78.0 Å². The minimum Gasteiger partial charge on any atom is -0.463 e. The number of allylic oxidation sites excluding steroid dienone is 1. The summed E-state index contributed by atoms with van der Waals surface area (Å²) in [4.78, 5) is 25.6. The summed E-state index contributed by atoms with van der Waals surface area (Å²) in [5.74, 6) is -0.891. The first-order valence-electron chi connectivity index (χ1n) is 13.6. The van der Waals surface area contributed by atoms with Gasteiger partial charge in [0, 0.05) is 7.11 Å². The van der Waals surface area contributed by atoms with Gasteiger partial charge in [-0.05, 0) is 37.8 Å². The first kappa shape index (κ1) is 31.5. The van der Waals surface area contributed by atoms with Crippen LogP contribution in [-0.4, -0.2) is 56.4 Å². The topological polar surface area (TPSA) is 89.5 Å². The van der Waals surface area contributed by atoms with Crippen molar-refractivity contribution in [1.82, 2.24) is 0 Å². The number of esters is 2. The van der Waals surface area contributed by atoms with Crippen LogP contribution in [0.1, 0.15) is 45.2 Å². The van der Waals surface area contributed by atoms with Crippen molar-refractivity contribution in [3.8, 4) is 0 Å². The van der Waals surface area contributed by atoms with E-state index in [1.807, 2.05) is 67.6 Å². The van der Waals surface area contributed by atoms with Gasteiger partial charge in [-0.3, -0.25) is 9.59 Å². The third-order valence-corrected chi connectivity index (χ3v) is 6.55. The molecule has 2 aromatic rings. The average molecular weight is 555 g/mol. The molecule has 0 spiro atoms. The first-order chi connectivity index (χ1) is 19.1. The molecule has 1 aliphatic rings. The van der Waals surface area contributed by atoms with E-state index in [1.54, 1.807) is 26.8 Å². The summed E-state index contributed by atoms with van der Waals surface area (Å²) in [5, 5.41) is 0. The maximum Gasteiger partial charge on any atom is 0.311 e. The predicted molar refractivity (Wildman–Crippen MR) is 150 cm³/mol. The Morgan fingerprint density at radius 3 is 1.98 bits per heavy atom. The van der Waals surface area contributed by atoms with Crippen LogP contribution in [0.25, 0.3) is 0 Å². The Balaban J connectivity index is 1.91. The normalized spacial score (nSPS) is 23.7. The van der Waals surface area contributed by atoms with Crippen LogP contribution in [0.5, 0.6) is 0 Å². The lowest BCUT2D eigenvalue weighted by Crippen LogP contribution is -2.62. The predicted octanol–water partition coefficient (Wildman–Crippen LogP) is 5.24. The fraction of sp³-hybridized carbons (Fsp3) is 0.500. The van der Waals surface area contributed by atoms with Crippen molar-refractivity contribution >= 4 is 11.9 Å². The number of benzene rings is 2. The van der Waals surface area contributed by atoms with E-state index in [0.29, 0.717) is 0 Å². The van der Waals surface area contributed by atoms with Crippen LogP contribution in [0.3, 0.4) is 0 Å². The van der Waals surface area contributed by atoms with Gasteiger partial charge < -0.3 is 28.4 Å². The summed E-state index contributed by atoms with van der Waals surface area (Å²) in [7, 11) is 1.51. The molecule has 0 aliphatic carbocycles. The summed E-state index contributed by atoms with van der Waals surface area (Å²) in [6.45, 7) is 11.3. The maximum absolute atomic E-state index is 13.1. The monoisotopic (exact) mass is 554 g/mol. The molecule has 40 heavy (non-hydrogen) atoms. The second-order valence-electron chi connectivity index (χ2n) is 11.0. The summed E-state index contributed by atoms with van der Waals surface area (Å²) in [6.07, 6.45) is -2.33. The molecule has 3 rings (SSSR count). The first-order valence-corrected chi connectivity index (χ1v) is 13.6. The van der Waals surface area contributed by atoms with Gasteiger partial charge in [0.2, 0.25) is 0 Å². The van der Waals surface area contributed by atoms with Gasteiger partial charge in [0.25, 0.3) is 0 Å². The molecule has 0 amide bonds. The van der Waals surface area contributed by atoms with Crippen LogP contribution in [0, 0.1) is 11.3 Å². The molecule has 0 aromatic heterocycles. The molecule has 2 aromatic carbocycles. The number of hydrogen-bond acceptors (Lipinski definition) is 8. The Kier molecular flexibility index (Phi) is 11.9. The van der Waals surface area contributed by atoms with E-state index < -0.39 is 48.1 Å². The Labute approximate surface area is 237 Å². The van der Waals surface area contributed by atoms with E-state index in [1.165, 1.54) is 7.11 Å². The molecule has 0 N–H and O–H groups in total. The minimum atomic E-state index is -0.938. The van der Waals surface area contributed by atoms with E-state index in [4.69, 9.17) is 28.4 Å². The number of methoxy groups -OCH3 is 1. The van der Waals surface area contributed by atoms with Crippen LogP contribution in [0.2, 0.25) is 0 Å².